The van der Waals surface area contributed by atoms with Gasteiger partial charge < -0.3 is 9.64 Å². The number of rotatable bonds is 3. The first-order valence-corrected chi connectivity index (χ1v) is 7.90. The number of ether oxygens (including phenoxy) is 1. The standard InChI is InChI=1S/C18H17F3N2O2/c19-18(20,21)15-3-1-2-13(10-15)11-16-12-23(8-9-25-16)17(24)14-4-6-22-7-5-14/h1-7,10,16H,8-9,11-12H2/t16-/m0/s1. The Balaban J connectivity index is 1.67. The van der Waals surface area contributed by atoms with Crippen molar-refractivity contribution in [1.29, 1.82) is 0 Å². The molecule has 7 heteroatoms. The van der Waals surface area contributed by atoms with Crippen LogP contribution in [0.5, 0.6) is 0 Å². The molecule has 1 aromatic carbocycles. The molecule has 25 heavy (non-hydrogen) atoms. The van der Waals surface area contributed by atoms with Crippen molar-refractivity contribution < 1.29 is 22.7 Å². The van der Waals surface area contributed by atoms with Crippen molar-refractivity contribution in [3.05, 3.63) is 65.5 Å². The van der Waals surface area contributed by atoms with Gasteiger partial charge in [-0.3, -0.25) is 9.78 Å². The van der Waals surface area contributed by atoms with Crippen LogP contribution in [0, 0.1) is 0 Å². The fraction of sp³-hybridized carbons (Fsp3) is 0.333. The van der Waals surface area contributed by atoms with E-state index in [0.29, 0.717) is 37.2 Å². The summed E-state index contributed by atoms with van der Waals surface area (Å²) in [6.45, 7) is 1.16. The van der Waals surface area contributed by atoms with Crippen molar-refractivity contribution in [3.63, 3.8) is 0 Å². The summed E-state index contributed by atoms with van der Waals surface area (Å²) in [4.78, 5) is 18.0. The Bertz CT molecular complexity index is 735. The Morgan fingerprint density at radius 1 is 1.24 bits per heavy atom. The smallest absolute Gasteiger partial charge is 0.374 e. The summed E-state index contributed by atoms with van der Waals surface area (Å²) in [5.74, 6) is -0.125. The number of halogens is 3. The minimum absolute atomic E-state index is 0.125. The maximum atomic E-state index is 12.8. The highest BCUT2D eigenvalue weighted by Gasteiger charge is 2.31. The molecular formula is C18H17F3N2O2. The third-order valence-electron chi connectivity index (χ3n) is 4.07. The van der Waals surface area contributed by atoms with Gasteiger partial charge in [-0.25, -0.2) is 0 Å². The lowest BCUT2D eigenvalue weighted by atomic mass is 10.0. The quantitative estimate of drug-likeness (QED) is 0.854. The van der Waals surface area contributed by atoms with Gasteiger partial charge in [0.15, 0.2) is 0 Å². The highest BCUT2D eigenvalue weighted by atomic mass is 19.4. The summed E-state index contributed by atoms with van der Waals surface area (Å²) >= 11 is 0. The molecule has 2 aromatic rings. The maximum Gasteiger partial charge on any atom is 0.416 e. The van der Waals surface area contributed by atoms with Gasteiger partial charge in [-0.2, -0.15) is 13.2 Å². The van der Waals surface area contributed by atoms with E-state index in [1.54, 1.807) is 35.5 Å². The van der Waals surface area contributed by atoms with Crippen molar-refractivity contribution in [1.82, 2.24) is 9.88 Å². The van der Waals surface area contributed by atoms with Crippen LogP contribution in [0.15, 0.2) is 48.8 Å². The van der Waals surface area contributed by atoms with Crippen LogP contribution in [0.2, 0.25) is 0 Å². The molecular weight excluding hydrogens is 333 g/mol. The molecule has 1 fully saturated rings. The number of carbonyl (C=O) groups excluding carboxylic acids is 1. The third kappa shape index (κ3) is 4.36. The first kappa shape index (κ1) is 17.4. The Morgan fingerprint density at radius 3 is 2.72 bits per heavy atom. The largest absolute Gasteiger partial charge is 0.416 e. The number of pyridine rings is 1. The van der Waals surface area contributed by atoms with E-state index in [2.05, 4.69) is 4.98 Å². The number of hydrogen-bond donors (Lipinski definition) is 0. The average Bonchev–Trinajstić information content (AvgIpc) is 2.61. The Kier molecular flexibility index (Phi) is 5.03. The molecule has 1 aliphatic heterocycles. The van der Waals surface area contributed by atoms with E-state index in [4.69, 9.17) is 4.74 Å². The van der Waals surface area contributed by atoms with Gasteiger partial charge in [-0.05, 0) is 23.8 Å². The number of hydrogen-bond acceptors (Lipinski definition) is 3. The van der Waals surface area contributed by atoms with Crippen molar-refractivity contribution in [2.75, 3.05) is 19.7 Å². The van der Waals surface area contributed by atoms with Crippen LogP contribution in [-0.2, 0) is 17.3 Å². The van der Waals surface area contributed by atoms with Crippen LogP contribution >= 0.6 is 0 Å². The number of aromatic nitrogens is 1. The van der Waals surface area contributed by atoms with Crippen LogP contribution in [-0.4, -0.2) is 41.6 Å². The molecule has 4 nitrogen and oxygen atoms in total. The number of nitrogens with zero attached hydrogens (tertiary/aromatic N) is 2. The second kappa shape index (κ2) is 7.23. The topological polar surface area (TPSA) is 42.4 Å². The molecule has 0 N–H and O–H groups in total. The van der Waals surface area contributed by atoms with Crippen molar-refractivity contribution in [2.45, 2.75) is 18.7 Å². The predicted octanol–water partition coefficient (Wildman–Crippen LogP) is 3.18. The monoisotopic (exact) mass is 350 g/mol. The fourth-order valence-electron chi connectivity index (χ4n) is 2.84. The van der Waals surface area contributed by atoms with E-state index in [1.807, 2.05) is 0 Å². The van der Waals surface area contributed by atoms with Gasteiger partial charge in [0, 0.05) is 37.5 Å². The number of amides is 1. The lowest BCUT2D eigenvalue weighted by Gasteiger charge is -2.33. The molecule has 132 valence electrons. The van der Waals surface area contributed by atoms with Gasteiger partial charge in [0.05, 0.1) is 18.3 Å². The van der Waals surface area contributed by atoms with E-state index in [0.717, 1.165) is 12.1 Å². The number of carbonyl (C=O) groups is 1. The van der Waals surface area contributed by atoms with Crippen LogP contribution in [0.1, 0.15) is 21.5 Å². The highest BCUT2D eigenvalue weighted by molar-refractivity contribution is 5.94. The van der Waals surface area contributed by atoms with Crippen LogP contribution in [0.25, 0.3) is 0 Å². The highest BCUT2D eigenvalue weighted by Crippen LogP contribution is 2.30. The van der Waals surface area contributed by atoms with Gasteiger partial charge in [-0.15, -0.1) is 0 Å². The summed E-state index contributed by atoms with van der Waals surface area (Å²) in [5.41, 5.74) is 0.401. The minimum atomic E-state index is -4.37. The summed E-state index contributed by atoms with van der Waals surface area (Å²) in [6, 6.07) is 8.49. The van der Waals surface area contributed by atoms with Crippen LogP contribution in [0.4, 0.5) is 13.2 Å². The summed E-state index contributed by atoms with van der Waals surface area (Å²) in [5, 5.41) is 0. The molecule has 0 unspecified atom stereocenters. The second-order valence-corrected chi connectivity index (χ2v) is 5.88. The zero-order valence-corrected chi connectivity index (χ0v) is 13.4. The normalized spacial score (nSPS) is 18.2. The summed E-state index contributed by atoms with van der Waals surface area (Å²) < 4.78 is 44.1. The fourth-order valence-corrected chi connectivity index (χ4v) is 2.84. The zero-order chi connectivity index (χ0) is 17.9. The lowest BCUT2D eigenvalue weighted by molar-refractivity contribution is -0.137. The molecule has 0 bridgehead atoms. The SMILES string of the molecule is O=C(c1ccncc1)N1CCO[C@@H](Cc2cccc(C(F)(F)F)c2)C1. The Hall–Kier alpha value is -2.41. The number of benzene rings is 1. The Labute approximate surface area is 143 Å². The minimum Gasteiger partial charge on any atom is -0.374 e. The van der Waals surface area contributed by atoms with Crippen molar-refractivity contribution >= 4 is 5.91 Å². The van der Waals surface area contributed by atoms with Crippen molar-refractivity contribution in [3.8, 4) is 0 Å². The molecule has 3 rings (SSSR count). The zero-order valence-electron chi connectivity index (χ0n) is 13.4. The Morgan fingerprint density at radius 2 is 2.00 bits per heavy atom. The average molecular weight is 350 g/mol. The van der Waals surface area contributed by atoms with E-state index < -0.39 is 11.7 Å². The molecule has 0 saturated carbocycles. The molecule has 1 saturated heterocycles. The van der Waals surface area contributed by atoms with Crippen LogP contribution < -0.4 is 0 Å². The summed E-state index contributed by atoms with van der Waals surface area (Å²) in [7, 11) is 0. The predicted molar refractivity (Wildman–Crippen MR) is 85.0 cm³/mol. The van der Waals surface area contributed by atoms with E-state index >= 15 is 0 Å². The van der Waals surface area contributed by atoms with Crippen LogP contribution in [0.3, 0.4) is 0 Å². The van der Waals surface area contributed by atoms with E-state index in [-0.39, 0.29) is 12.0 Å². The summed E-state index contributed by atoms with van der Waals surface area (Å²) in [6.07, 6.45) is -1.28. The lowest BCUT2D eigenvalue weighted by Crippen LogP contribution is -2.46. The maximum absolute atomic E-state index is 12.8. The second-order valence-electron chi connectivity index (χ2n) is 5.88. The molecule has 0 spiro atoms. The molecule has 1 aromatic heterocycles. The van der Waals surface area contributed by atoms with E-state index in [1.165, 1.54) is 6.07 Å². The van der Waals surface area contributed by atoms with Gasteiger partial charge in [-0.1, -0.05) is 18.2 Å². The molecule has 2 heterocycles. The van der Waals surface area contributed by atoms with Gasteiger partial charge >= 0.3 is 6.18 Å². The third-order valence-corrected chi connectivity index (χ3v) is 4.07. The first-order valence-electron chi connectivity index (χ1n) is 7.90. The molecule has 0 radical (unpaired) electrons. The molecule has 1 aliphatic rings. The molecule has 1 amide bonds. The van der Waals surface area contributed by atoms with E-state index in [9.17, 15) is 18.0 Å². The molecule has 0 aliphatic carbocycles. The first-order chi connectivity index (χ1) is 11.9. The van der Waals surface area contributed by atoms with Crippen molar-refractivity contribution in [2.24, 2.45) is 0 Å². The molecule has 1 atom stereocenters. The number of morpholine rings is 1. The van der Waals surface area contributed by atoms with Gasteiger partial charge in [0.25, 0.3) is 5.91 Å². The van der Waals surface area contributed by atoms with Gasteiger partial charge in [0.2, 0.25) is 0 Å². The van der Waals surface area contributed by atoms with Gasteiger partial charge in [0.1, 0.15) is 0 Å². The number of alkyl halides is 3.